The van der Waals surface area contributed by atoms with Gasteiger partial charge in [0.2, 0.25) is 5.91 Å². The first kappa shape index (κ1) is 28.0. The van der Waals surface area contributed by atoms with E-state index < -0.39 is 11.5 Å². The van der Waals surface area contributed by atoms with Gasteiger partial charge in [-0.2, -0.15) is 0 Å². The number of fused-ring (bicyclic) bond motifs is 1. The third-order valence-electron chi connectivity index (χ3n) is 8.66. The maximum absolute atomic E-state index is 13.4. The van der Waals surface area contributed by atoms with Crippen molar-refractivity contribution < 1.29 is 19.4 Å². The van der Waals surface area contributed by atoms with Crippen molar-refractivity contribution in [1.29, 1.82) is 0 Å². The van der Waals surface area contributed by atoms with Crippen molar-refractivity contribution in [2.24, 2.45) is 23.2 Å². The number of hydrogen-bond acceptors (Lipinski definition) is 6. The zero-order chi connectivity index (χ0) is 26.1. The van der Waals surface area contributed by atoms with Crippen molar-refractivity contribution >= 4 is 29.1 Å². The lowest BCUT2D eigenvalue weighted by Crippen LogP contribution is -2.46. The molecule has 0 radical (unpaired) electrons. The molecule has 2 aliphatic heterocycles. The summed E-state index contributed by atoms with van der Waals surface area (Å²) in [4.78, 5) is 31.0. The van der Waals surface area contributed by atoms with Crippen LogP contribution in [0.15, 0.2) is 11.0 Å². The Kier molecular flexibility index (Phi) is 8.65. The minimum Gasteiger partial charge on any atom is -0.392 e. The molecule has 0 aromatic carbocycles. The first-order chi connectivity index (χ1) is 16.2. The van der Waals surface area contributed by atoms with Crippen LogP contribution in [-0.4, -0.2) is 45.6 Å². The number of thiazole rings is 1. The number of ether oxygens (including phenoxy) is 1. The number of aliphatic hydroxyl groups excluding tert-OH is 1. The normalized spacial score (nSPS) is 37.5. The lowest BCUT2D eigenvalue weighted by atomic mass is 9.70. The SMILES string of the molecule is C/C(=C\c1csc(C)n1)[C@@H]1C[C@@H]2O[C@]2(C)CCCC(C)[C@H](C)C(C)C(=O)C(C)(C)C(O)CC(=O)N1. The van der Waals surface area contributed by atoms with Crippen molar-refractivity contribution in [2.75, 3.05) is 0 Å². The zero-order valence-corrected chi connectivity index (χ0v) is 23.5. The average molecular weight is 505 g/mol. The van der Waals surface area contributed by atoms with Crippen LogP contribution >= 0.6 is 11.3 Å². The molecule has 2 saturated heterocycles. The summed E-state index contributed by atoms with van der Waals surface area (Å²) in [5.74, 6) is 0.164. The second-order valence-electron chi connectivity index (χ2n) is 11.8. The third-order valence-corrected chi connectivity index (χ3v) is 9.45. The Balaban J connectivity index is 1.85. The van der Waals surface area contributed by atoms with Crippen molar-refractivity contribution in [3.8, 4) is 0 Å². The standard InChI is InChI=1S/C28H44N2O4S/c1-16-10-9-11-28(8)24(34-28)13-22(17(2)12-21-15-35-20(5)29-21)30-25(32)14-23(31)27(6,7)26(33)19(4)18(16)3/h12,15-16,18-19,22-24,31H,9-11,13-14H2,1-8H3,(H,30,32)/b17-12+/t16?,18-,19?,22-,23?,24-,28+/m0/s1. The lowest BCUT2D eigenvalue weighted by molar-refractivity contribution is -0.141. The number of epoxide rings is 1. The topological polar surface area (TPSA) is 91.8 Å². The number of nitrogens with zero attached hydrogens (tertiary/aromatic N) is 1. The molecule has 1 aromatic heterocycles. The Bertz CT molecular complexity index is 955. The van der Waals surface area contributed by atoms with Gasteiger partial charge < -0.3 is 15.2 Å². The molecule has 196 valence electrons. The van der Waals surface area contributed by atoms with Crippen LogP contribution in [0.5, 0.6) is 0 Å². The number of rotatable bonds is 2. The summed E-state index contributed by atoms with van der Waals surface area (Å²) in [7, 11) is 0. The highest BCUT2D eigenvalue weighted by Gasteiger charge is 2.52. The maximum Gasteiger partial charge on any atom is 0.223 e. The molecule has 7 heteroatoms. The molecule has 6 nitrogen and oxygen atoms in total. The van der Waals surface area contributed by atoms with E-state index in [0.717, 1.165) is 35.5 Å². The number of amides is 1. The third kappa shape index (κ3) is 6.60. The molecule has 2 fully saturated rings. The van der Waals surface area contributed by atoms with E-state index in [1.807, 2.05) is 32.2 Å². The summed E-state index contributed by atoms with van der Waals surface area (Å²) in [6.07, 6.45) is 4.65. The van der Waals surface area contributed by atoms with Gasteiger partial charge in [-0.3, -0.25) is 9.59 Å². The van der Waals surface area contributed by atoms with Gasteiger partial charge in [-0.15, -0.1) is 11.3 Å². The van der Waals surface area contributed by atoms with Gasteiger partial charge in [0.25, 0.3) is 0 Å². The van der Waals surface area contributed by atoms with Gasteiger partial charge in [0.15, 0.2) is 0 Å². The quantitative estimate of drug-likeness (QED) is 0.532. The van der Waals surface area contributed by atoms with Gasteiger partial charge in [0, 0.05) is 17.7 Å². The molecule has 3 rings (SSSR count). The van der Waals surface area contributed by atoms with Gasteiger partial charge in [-0.05, 0) is 50.7 Å². The summed E-state index contributed by atoms with van der Waals surface area (Å²) in [5.41, 5.74) is 0.709. The Hall–Kier alpha value is -1.57. The van der Waals surface area contributed by atoms with Crippen molar-refractivity contribution in [3.63, 3.8) is 0 Å². The van der Waals surface area contributed by atoms with Gasteiger partial charge in [-0.25, -0.2) is 4.98 Å². The number of aromatic nitrogens is 1. The van der Waals surface area contributed by atoms with E-state index in [9.17, 15) is 14.7 Å². The van der Waals surface area contributed by atoms with Crippen molar-refractivity contribution in [2.45, 2.75) is 111 Å². The molecular weight excluding hydrogens is 460 g/mol. The molecule has 7 atom stereocenters. The highest BCUT2D eigenvalue weighted by Crippen LogP contribution is 2.45. The number of Topliss-reactive ketones (excluding diaryl/α,β-unsaturated/α-hetero) is 1. The summed E-state index contributed by atoms with van der Waals surface area (Å²) in [6, 6.07) is -0.229. The van der Waals surface area contributed by atoms with Crippen LogP contribution in [0.3, 0.4) is 0 Å². The van der Waals surface area contributed by atoms with Crippen LogP contribution < -0.4 is 5.32 Å². The number of aryl methyl sites for hydroxylation is 1. The number of hydrogen-bond donors (Lipinski definition) is 2. The molecule has 3 heterocycles. The van der Waals surface area contributed by atoms with E-state index in [0.29, 0.717) is 12.3 Å². The van der Waals surface area contributed by atoms with E-state index in [2.05, 4.69) is 31.1 Å². The number of carbonyl (C=O) groups is 2. The number of carbonyl (C=O) groups excluding carboxylic acids is 2. The van der Waals surface area contributed by atoms with Gasteiger partial charge >= 0.3 is 0 Å². The summed E-state index contributed by atoms with van der Waals surface area (Å²) in [6.45, 7) is 16.0. The molecular formula is C28H44N2O4S. The Labute approximate surface area is 214 Å². The number of ketones is 1. The van der Waals surface area contributed by atoms with Crippen LogP contribution in [0.25, 0.3) is 6.08 Å². The van der Waals surface area contributed by atoms with E-state index in [1.165, 1.54) is 0 Å². The highest BCUT2D eigenvalue weighted by molar-refractivity contribution is 7.09. The molecule has 1 amide bonds. The molecule has 2 N–H and O–H groups in total. The lowest BCUT2D eigenvalue weighted by Gasteiger charge is -2.35. The monoisotopic (exact) mass is 504 g/mol. The van der Waals surface area contributed by atoms with Crippen molar-refractivity contribution in [3.05, 3.63) is 21.7 Å². The zero-order valence-electron chi connectivity index (χ0n) is 22.7. The molecule has 35 heavy (non-hydrogen) atoms. The summed E-state index contributed by atoms with van der Waals surface area (Å²) in [5, 5.41) is 17.1. The van der Waals surface area contributed by atoms with Crippen molar-refractivity contribution in [1.82, 2.24) is 10.3 Å². The van der Waals surface area contributed by atoms with Crippen LogP contribution in [0.4, 0.5) is 0 Å². The largest absolute Gasteiger partial charge is 0.392 e. The van der Waals surface area contributed by atoms with Crippen LogP contribution in [0.1, 0.15) is 91.3 Å². The fraction of sp³-hybridized carbons (Fsp3) is 0.750. The smallest absolute Gasteiger partial charge is 0.223 e. The summed E-state index contributed by atoms with van der Waals surface area (Å²) >= 11 is 1.60. The fourth-order valence-corrected chi connectivity index (χ4v) is 5.94. The van der Waals surface area contributed by atoms with Gasteiger partial charge in [0.05, 0.1) is 46.4 Å². The average Bonchev–Trinajstić information content (AvgIpc) is 3.22. The van der Waals surface area contributed by atoms with E-state index >= 15 is 0 Å². The number of nitrogens with one attached hydrogen (secondary N) is 1. The molecule has 0 bridgehead atoms. The second-order valence-corrected chi connectivity index (χ2v) is 12.8. The molecule has 0 aliphatic carbocycles. The predicted molar refractivity (Wildman–Crippen MR) is 141 cm³/mol. The Morgan fingerprint density at radius 2 is 1.94 bits per heavy atom. The molecule has 0 spiro atoms. The van der Waals surface area contributed by atoms with E-state index in [4.69, 9.17) is 4.74 Å². The van der Waals surface area contributed by atoms with Crippen LogP contribution in [0.2, 0.25) is 0 Å². The summed E-state index contributed by atoms with van der Waals surface area (Å²) < 4.78 is 6.16. The molecule has 2 aliphatic rings. The van der Waals surface area contributed by atoms with Crippen LogP contribution in [-0.2, 0) is 14.3 Å². The fourth-order valence-electron chi connectivity index (χ4n) is 5.37. The van der Waals surface area contributed by atoms with Gasteiger partial charge in [0.1, 0.15) is 5.78 Å². The first-order valence-corrected chi connectivity index (χ1v) is 13.9. The van der Waals surface area contributed by atoms with Crippen LogP contribution in [0, 0.1) is 30.1 Å². The van der Waals surface area contributed by atoms with E-state index in [-0.39, 0.29) is 47.7 Å². The van der Waals surface area contributed by atoms with E-state index in [1.54, 1.807) is 25.2 Å². The van der Waals surface area contributed by atoms with Gasteiger partial charge in [-0.1, -0.05) is 47.5 Å². The molecule has 0 saturated carbocycles. The Morgan fingerprint density at radius 1 is 1.26 bits per heavy atom. The molecule has 1 aromatic rings. The number of aliphatic hydroxyl groups is 1. The molecule has 3 unspecified atom stereocenters. The highest BCUT2D eigenvalue weighted by atomic mass is 32.1. The maximum atomic E-state index is 13.4. The minimum atomic E-state index is -1.05. The minimum absolute atomic E-state index is 0.0216. The predicted octanol–water partition coefficient (Wildman–Crippen LogP) is 5.33. The first-order valence-electron chi connectivity index (χ1n) is 13.0. The second kappa shape index (κ2) is 10.8. The Morgan fingerprint density at radius 3 is 2.57 bits per heavy atom.